The smallest absolute Gasteiger partial charge is 0.373 e. The average Bonchev–Trinajstić information content (AvgIpc) is 2.94. The van der Waals surface area contributed by atoms with Gasteiger partial charge in [-0.05, 0) is 24.6 Å². The molecule has 21 heavy (non-hydrogen) atoms. The van der Waals surface area contributed by atoms with Crippen molar-refractivity contribution >= 4 is 17.3 Å². The van der Waals surface area contributed by atoms with Crippen LogP contribution in [0.4, 0.5) is 11.4 Å². The van der Waals surface area contributed by atoms with Gasteiger partial charge in [0.1, 0.15) is 5.76 Å². The summed E-state index contributed by atoms with van der Waals surface area (Å²) < 4.78 is 9.85. The molecule has 0 atom stereocenters. The van der Waals surface area contributed by atoms with E-state index in [0.717, 1.165) is 5.56 Å². The molecular formula is C14H14N2O5. The van der Waals surface area contributed by atoms with E-state index in [2.05, 4.69) is 10.1 Å². The molecule has 2 rings (SSSR count). The molecule has 0 bridgehead atoms. The van der Waals surface area contributed by atoms with Gasteiger partial charge in [0.25, 0.3) is 5.69 Å². The van der Waals surface area contributed by atoms with Crippen LogP contribution in [-0.2, 0) is 11.3 Å². The van der Waals surface area contributed by atoms with Crippen LogP contribution in [0, 0.1) is 17.0 Å². The number of carbonyl (C=O) groups is 1. The minimum absolute atomic E-state index is 0.0118. The molecule has 0 radical (unpaired) electrons. The molecular weight excluding hydrogens is 276 g/mol. The maximum Gasteiger partial charge on any atom is 0.373 e. The standard InChI is InChI=1S/C14H14N2O5/c1-9-3-4-10(16(18)19)7-12(9)15-8-11-5-6-13(21-11)14(17)20-2/h3-7,15H,8H2,1-2H3. The third-order valence-electron chi connectivity index (χ3n) is 2.93. The van der Waals surface area contributed by atoms with E-state index >= 15 is 0 Å². The van der Waals surface area contributed by atoms with E-state index in [-0.39, 0.29) is 11.4 Å². The number of methoxy groups -OCH3 is 1. The Labute approximate surface area is 120 Å². The van der Waals surface area contributed by atoms with Gasteiger partial charge in [-0.3, -0.25) is 10.1 Å². The lowest BCUT2D eigenvalue weighted by Gasteiger charge is -2.07. The lowest BCUT2D eigenvalue weighted by molar-refractivity contribution is -0.384. The highest BCUT2D eigenvalue weighted by atomic mass is 16.6. The summed E-state index contributed by atoms with van der Waals surface area (Å²) in [4.78, 5) is 21.6. The van der Waals surface area contributed by atoms with Crippen LogP contribution in [0.5, 0.6) is 0 Å². The normalized spacial score (nSPS) is 10.2. The summed E-state index contributed by atoms with van der Waals surface area (Å²) in [5.41, 5.74) is 1.53. The van der Waals surface area contributed by atoms with Gasteiger partial charge in [-0.1, -0.05) is 6.07 Å². The number of non-ortho nitro benzene ring substituents is 1. The summed E-state index contributed by atoms with van der Waals surface area (Å²) >= 11 is 0. The van der Waals surface area contributed by atoms with E-state index in [1.165, 1.54) is 25.3 Å². The van der Waals surface area contributed by atoms with E-state index in [0.29, 0.717) is 18.0 Å². The number of nitro benzene ring substituents is 1. The molecule has 1 aromatic heterocycles. The van der Waals surface area contributed by atoms with Crippen molar-refractivity contribution in [2.24, 2.45) is 0 Å². The van der Waals surface area contributed by atoms with Crippen molar-refractivity contribution in [2.75, 3.05) is 12.4 Å². The van der Waals surface area contributed by atoms with Gasteiger partial charge in [0.15, 0.2) is 0 Å². The number of ether oxygens (including phenoxy) is 1. The number of hydrogen-bond donors (Lipinski definition) is 1. The van der Waals surface area contributed by atoms with Gasteiger partial charge in [0.2, 0.25) is 5.76 Å². The minimum atomic E-state index is -0.548. The summed E-state index contributed by atoms with van der Waals surface area (Å²) in [6.45, 7) is 2.15. The van der Waals surface area contributed by atoms with Gasteiger partial charge in [-0.15, -0.1) is 0 Å². The highest BCUT2D eigenvalue weighted by molar-refractivity contribution is 5.86. The maximum atomic E-state index is 11.3. The van der Waals surface area contributed by atoms with Gasteiger partial charge in [0.05, 0.1) is 18.6 Å². The van der Waals surface area contributed by atoms with Crippen molar-refractivity contribution in [3.8, 4) is 0 Å². The van der Waals surface area contributed by atoms with Gasteiger partial charge in [-0.25, -0.2) is 4.79 Å². The van der Waals surface area contributed by atoms with E-state index in [9.17, 15) is 14.9 Å². The Bertz CT molecular complexity index is 678. The Morgan fingerprint density at radius 3 is 2.81 bits per heavy atom. The number of furan rings is 1. The third-order valence-corrected chi connectivity index (χ3v) is 2.93. The first kappa shape index (κ1) is 14.6. The molecule has 0 aliphatic rings. The second-order valence-corrected chi connectivity index (χ2v) is 4.37. The zero-order valence-corrected chi connectivity index (χ0v) is 11.6. The molecule has 0 aliphatic heterocycles. The van der Waals surface area contributed by atoms with Gasteiger partial charge in [0, 0.05) is 17.8 Å². The first-order chi connectivity index (χ1) is 10.0. The van der Waals surface area contributed by atoms with Gasteiger partial charge >= 0.3 is 5.97 Å². The van der Waals surface area contributed by atoms with Crippen molar-refractivity contribution in [2.45, 2.75) is 13.5 Å². The predicted molar refractivity (Wildman–Crippen MR) is 75.2 cm³/mol. The molecule has 0 spiro atoms. The molecule has 0 saturated carbocycles. The van der Waals surface area contributed by atoms with Crippen molar-refractivity contribution in [3.05, 3.63) is 57.5 Å². The van der Waals surface area contributed by atoms with Crippen LogP contribution >= 0.6 is 0 Å². The summed E-state index contributed by atoms with van der Waals surface area (Å²) in [5.74, 6) is 0.0964. The molecule has 0 unspecified atom stereocenters. The van der Waals surface area contributed by atoms with Crippen LogP contribution in [0.3, 0.4) is 0 Å². The molecule has 110 valence electrons. The number of anilines is 1. The zero-order chi connectivity index (χ0) is 15.4. The van der Waals surface area contributed by atoms with Crippen molar-refractivity contribution in [3.63, 3.8) is 0 Å². The van der Waals surface area contributed by atoms with E-state index < -0.39 is 10.9 Å². The average molecular weight is 290 g/mol. The Kier molecular flexibility index (Phi) is 4.22. The molecule has 0 saturated heterocycles. The van der Waals surface area contributed by atoms with Crippen LogP contribution in [0.2, 0.25) is 0 Å². The highest BCUT2D eigenvalue weighted by Gasteiger charge is 2.12. The van der Waals surface area contributed by atoms with Gasteiger partial charge < -0.3 is 14.5 Å². The van der Waals surface area contributed by atoms with Crippen molar-refractivity contribution in [1.29, 1.82) is 0 Å². The van der Waals surface area contributed by atoms with Gasteiger partial charge in [-0.2, -0.15) is 0 Å². The van der Waals surface area contributed by atoms with Crippen LogP contribution in [0.1, 0.15) is 21.9 Å². The summed E-state index contributed by atoms with van der Waals surface area (Å²) in [6, 6.07) is 7.74. The van der Waals surface area contributed by atoms with Crippen molar-refractivity contribution < 1.29 is 18.9 Å². The number of carbonyl (C=O) groups excluding carboxylic acids is 1. The molecule has 1 aromatic carbocycles. The Morgan fingerprint density at radius 1 is 1.38 bits per heavy atom. The molecule has 0 aliphatic carbocycles. The molecule has 0 amide bonds. The first-order valence-electron chi connectivity index (χ1n) is 6.17. The lowest BCUT2D eigenvalue weighted by Crippen LogP contribution is -2.02. The molecule has 0 fully saturated rings. The number of esters is 1. The van der Waals surface area contributed by atoms with Crippen LogP contribution in [0.25, 0.3) is 0 Å². The van der Waals surface area contributed by atoms with E-state index in [1.54, 1.807) is 12.1 Å². The predicted octanol–water partition coefficient (Wildman–Crippen LogP) is 2.89. The first-order valence-corrected chi connectivity index (χ1v) is 6.17. The Hall–Kier alpha value is -2.83. The fourth-order valence-corrected chi connectivity index (χ4v) is 1.78. The summed E-state index contributed by atoms with van der Waals surface area (Å²) in [6.07, 6.45) is 0. The largest absolute Gasteiger partial charge is 0.463 e. The Balaban J connectivity index is 2.09. The maximum absolute atomic E-state index is 11.3. The minimum Gasteiger partial charge on any atom is -0.463 e. The second kappa shape index (κ2) is 6.08. The molecule has 2 aromatic rings. The fraction of sp³-hybridized carbons (Fsp3) is 0.214. The summed E-state index contributed by atoms with van der Waals surface area (Å²) in [7, 11) is 1.27. The SMILES string of the molecule is COC(=O)c1ccc(CNc2cc([N+](=O)[O-])ccc2C)o1. The number of hydrogen-bond acceptors (Lipinski definition) is 6. The highest BCUT2D eigenvalue weighted by Crippen LogP contribution is 2.22. The lowest BCUT2D eigenvalue weighted by atomic mass is 10.2. The number of nitrogens with zero attached hydrogens (tertiary/aromatic N) is 1. The number of nitro groups is 1. The number of nitrogens with one attached hydrogen (secondary N) is 1. The topological polar surface area (TPSA) is 94.6 Å². The zero-order valence-electron chi connectivity index (χ0n) is 11.6. The van der Waals surface area contributed by atoms with Crippen LogP contribution in [0.15, 0.2) is 34.7 Å². The second-order valence-electron chi connectivity index (χ2n) is 4.37. The van der Waals surface area contributed by atoms with E-state index in [1.807, 2.05) is 6.92 Å². The quantitative estimate of drug-likeness (QED) is 0.517. The third kappa shape index (κ3) is 3.38. The fourth-order valence-electron chi connectivity index (χ4n) is 1.78. The number of rotatable bonds is 5. The Morgan fingerprint density at radius 2 is 2.14 bits per heavy atom. The number of aryl methyl sites for hydroxylation is 1. The van der Waals surface area contributed by atoms with Crippen LogP contribution in [-0.4, -0.2) is 18.0 Å². The molecule has 1 heterocycles. The molecule has 7 heteroatoms. The number of benzene rings is 1. The van der Waals surface area contributed by atoms with E-state index in [4.69, 9.17) is 4.42 Å². The van der Waals surface area contributed by atoms with Crippen LogP contribution < -0.4 is 5.32 Å². The monoisotopic (exact) mass is 290 g/mol. The summed E-state index contributed by atoms with van der Waals surface area (Å²) in [5, 5.41) is 13.8. The molecule has 7 nitrogen and oxygen atoms in total. The van der Waals surface area contributed by atoms with Crippen molar-refractivity contribution in [1.82, 2.24) is 0 Å². The molecule has 1 N–H and O–H groups in total.